The van der Waals surface area contributed by atoms with Crippen LogP contribution in [0.2, 0.25) is 0 Å². The molecule has 3 nitrogen and oxygen atoms in total. The average Bonchev–Trinajstić information content (AvgIpc) is 2.10. The molecule has 0 aromatic heterocycles. The minimum Gasteiger partial charge on any atom is -0.399 e. The molecule has 0 aliphatic heterocycles. The summed E-state index contributed by atoms with van der Waals surface area (Å²) >= 11 is 0. The number of nitrogens with one attached hydrogen (secondary N) is 1. The molecule has 0 heterocycles. The van der Waals surface area contributed by atoms with Crippen LogP contribution in [0.1, 0.15) is 19.4 Å². The summed E-state index contributed by atoms with van der Waals surface area (Å²) in [4.78, 5) is 0. The lowest BCUT2D eigenvalue weighted by Crippen LogP contribution is -2.35. The molecule has 78 valence electrons. The third-order valence-corrected chi connectivity index (χ3v) is 2.12. The van der Waals surface area contributed by atoms with Crippen LogP contribution >= 0.6 is 0 Å². The van der Waals surface area contributed by atoms with E-state index in [-0.39, 0.29) is 12.1 Å². The van der Waals surface area contributed by atoms with E-state index in [9.17, 15) is 0 Å². The molecule has 0 saturated heterocycles. The number of aliphatic hydroxyl groups is 1. The summed E-state index contributed by atoms with van der Waals surface area (Å²) in [6.07, 6.45) is 0. The van der Waals surface area contributed by atoms with Gasteiger partial charge in [0.1, 0.15) is 0 Å². The van der Waals surface area contributed by atoms with E-state index in [4.69, 9.17) is 10.8 Å². The van der Waals surface area contributed by atoms with Crippen LogP contribution in [0.15, 0.2) is 18.2 Å². The van der Waals surface area contributed by atoms with Crippen molar-refractivity contribution in [2.24, 2.45) is 0 Å². The highest BCUT2D eigenvalue weighted by atomic mass is 16.3. The van der Waals surface area contributed by atoms with Gasteiger partial charge < -0.3 is 16.2 Å². The Labute approximate surface area is 84.9 Å². The number of aryl methyl sites for hydroxylation is 1. The van der Waals surface area contributed by atoms with E-state index < -0.39 is 0 Å². The predicted molar refractivity (Wildman–Crippen MR) is 60.4 cm³/mol. The molecule has 1 aromatic carbocycles. The summed E-state index contributed by atoms with van der Waals surface area (Å²) in [5, 5.41) is 12.4. The first-order chi connectivity index (χ1) is 6.44. The van der Waals surface area contributed by atoms with Gasteiger partial charge in [-0.2, -0.15) is 0 Å². The van der Waals surface area contributed by atoms with Crippen LogP contribution in [0.25, 0.3) is 0 Å². The van der Waals surface area contributed by atoms with Crippen LogP contribution in [0, 0.1) is 6.92 Å². The summed E-state index contributed by atoms with van der Waals surface area (Å²) in [6.45, 7) is 5.98. The molecule has 14 heavy (non-hydrogen) atoms. The van der Waals surface area contributed by atoms with Crippen molar-refractivity contribution in [1.29, 1.82) is 0 Å². The molecule has 0 spiro atoms. The maximum Gasteiger partial charge on any atom is 0.0656 e. The number of hydrogen-bond acceptors (Lipinski definition) is 3. The second-order valence-electron chi connectivity index (χ2n) is 4.24. The maximum atomic E-state index is 9.11. The Morgan fingerprint density at radius 2 is 2.07 bits per heavy atom. The third kappa shape index (κ3) is 2.64. The van der Waals surface area contributed by atoms with Gasteiger partial charge in [-0.1, -0.05) is 0 Å². The van der Waals surface area contributed by atoms with Gasteiger partial charge in [0, 0.05) is 11.4 Å². The van der Waals surface area contributed by atoms with Crippen LogP contribution in [0.4, 0.5) is 11.4 Å². The lowest BCUT2D eigenvalue weighted by atomic mass is 10.1. The fourth-order valence-corrected chi connectivity index (χ4v) is 1.23. The van der Waals surface area contributed by atoms with Gasteiger partial charge in [0.25, 0.3) is 0 Å². The zero-order valence-electron chi connectivity index (χ0n) is 8.96. The Morgan fingerprint density at radius 3 is 2.57 bits per heavy atom. The fourth-order valence-electron chi connectivity index (χ4n) is 1.23. The molecule has 0 atom stereocenters. The topological polar surface area (TPSA) is 58.3 Å². The van der Waals surface area contributed by atoms with Crippen molar-refractivity contribution in [2.45, 2.75) is 26.3 Å². The first-order valence-corrected chi connectivity index (χ1v) is 4.70. The molecular weight excluding hydrogens is 176 g/mol. The van der Waals surface area contributed by atoms with Gasteiger partial charge in [0.15, 0.2) is 0 Å². The maximum absolute atomic E-state index is 9.11. The Bertz CT molecular complexity index is 321. The molecule has 3 heteroatoms. The minimum atomic E-state index is -0.305. The molecule has 0 unspecified atom stereocenters. The highest BCUT2D eigenvalue weighted by molar-refractivity contribution is 5.58. The second kappa shape index (κ2) is 3.88. The molecule has 0 aliphatic rings. The molecule has 0 bridgehead atoms. The van der Waals surface area contributed by atoms with Crippen LogP contribution in [-0.2, 0) is 0 Å². The largest absolute Gasteiger partial charge is 0.399 e. The number of nitrogens with two attached hydrogens (primary N) is 1. The van der Waals surface area contributed by atoms with E-state index in [0.717, 1.165) is 16.9 Å². The van der Waals surface area contributed by atoms with E-state index in [2.05, 4.69) is 5.32 Å². The first-order valence-electron chi connectivity index (χ1n) is 4.70. The smallest absolute Gasteiger partial charge is 0.0656 e. The molecular formula is C11H18N2O. The molecule has 0 aliphatic carbocycles. The summed E-state index contributed by atoms with van der Waals surface area (Å²) in [5.41, 5.74) is 8.20. The van der Waals surface area contributed by atoms with Gasteiger partial charge >= 0.3 is 0 Å². The predicted octanol–water partition coefficient (Wildman–Crippen LogP) is 1.76. The molecule has 0 fully saturated rings. The lowest BCUT2D eigenvalue weighted by molar-refractivity contribution is 0.234. The van der Waals surface area contributed by atoms with Gasteiger partial charge in [-0.3, -0.25) is 0 Å². The summed E-state index contributed by atoms with van der Waals surface area (Å²) in [5.74, 6) is 0. The average molecular weight is 194 g/mol. The van der Waals surface area contributed by atoms with Crippen molar-refractivity contribution in [3.63, 3.8) is 0 Å². The molecule has 1 rings (SSSR count). The Morgan fingerprint density at radius 1 is 1.43 bits per heavy atom. The Kier molecular flexibility index (Phi) is 3.01. The number of hydrogen-bond donors (Lipinski definition) is 3. The number of rotatable bonds is 3. The van der Waals surface area contributed by atoms with Crippen molar-refractivity contribution >= 4 is 11.4 Å². The van der Waals surface area contributed by atoms with Crippen molar-refractivity contribution in [3.05, 3.63) is 23.8 Å². The van der Waals surface area contributed by atoms with Gasteiger partial charge in [-0.15, -0.1) is 0 Å². The van der Waals surface area contributed by atoms with Crippen molar-refractivity contribution in [1.82, 2.24) is 0 Å². The highest BCUT2D eigenvalue weighted by Crippen LogP contribution is 2.21. The third-order valence-electron chi connectivity index (χ3n) is 2.12. The lowest BCUT2D eigenvalue weighted by Gasteiger charge is -2.26. The van der Waals surface area contributed by atoms with E-state index in [1.54, 1.807) is 0 Å². The Hall–Kier alpha value is -1.22. The van der Waals surface area contributed by atoms with Crippen LogP contribution in [0.5, 0.6) is 0 Å². The zero-order chi connectivity index (χ0) is 10.8. The van der Waals surface area contributed by atoms with Crippen LogP contribution < -0.4 is 11.1 Å². The van der Waals surface area contributed by atoms with Gasteiger partial charge in [0.2, 0.25) is 0 Å². The molecule has 4 N–H and O–H groups in total. The summed E-state index contributed by atoms with van der Waals surface area (Å²) in [7, 11) is 0. The molecule has 1 aromatic rings. The number of aliphatic hydroxyl groups excluding tert-OH is 1. The zero-order valence-corrected chi connectivity index (χ0v) is 8.96. The quantitative estimate of drug-likeness (QED) is 0.643. The van der Waals surface area contributed by atoms with Crippen molar-refractivity contribution in [2.75, 3.05) is 17.7 Å². The van der Waals surface area contributed by atoms with E-state index >= 15 is 0 Å². The van der Waals surface area contributed by atoms with Crippen LogP contribution in [-0.4, -0.2) is 17.3 Å². The molecule has 0 saturated carbocycles. The minimum absolute atomic E-state index is 0.0941. The molecule has 0 radical (unpaired) electrons. The first kappa shape index (κ1) is 10.9. The van der Waals surface area contributed by atoms with Crippen molar-refractivity contribution in [3.8, 4) is 0 Å². The second-order valence-corrected chi connectivity index (χ2v) is 4.24. The Balaban J connectivity index is 2.87. The van der Waals surface area contributed by atoms with E-state index in [0.29, 0.717) is 0 Å². The summed E-state index contributed by atoms with van der Waals surface area (Å²) < 4.78 is 0. The fraction of sp³-hybridized carbons (Fsp3) is 0.455. The normalized spacial score (nSPS) is 11.4. The van der Waals surface area contributed by atoms with Gasteiger partial charge in [-0.25, -0.2) is 0 Å². The standard InChI is InChI=1S/C11H18N2O/c1-8-6-9(12)4-5-10(8)13-11(2,3)7-14/h4-6,13-14H,7,12H2,1-3H3. The monoisotopic (exact) mass is 194 g/mol. The van der Waals surface area contributed by atoms with Gasteiger partial charge in [0.05, 0.1) is 12.1 Å². The van der Waals surface area contributed by atoms with Crippen molar-refractivity contribution < 1.29 is 5.11 Å². The van der Waals surface area contributed by atoms with Gasteiger partial charge in [-0.05, 0) is 44.5 Å². The van der Waals surface area contributed by atoms with Crippen LogP contribution in [0.3, 0.4) is 0 Å². The highest BCUT2D eigenvalue weighted by Gasteiger charge is 2.16. The summed E-state index contributed by atoms with van der Waals surface area (Å²) in [6, 6.07) is 5.70. The SMILES string of the molecule is Cc1cc(N)ccc1NC(C)(C)CO. The number of nitrogen functional groups attached to an aromatic ring is 1. The van der Waals surface area contributed by atoms with E-state index in [1.165, 1.54) is 0 Å². The number of anilines is 2. The molecule has 0 amide bonds. The van der Waals surface area contributed by atoms with E-state index in [1.807, 2.05) is 39.0 Å². The number of benzene rings is 1.